The van der Waals surface area contributed by atoms with Crippen molar-refractivity contribution in [3.05, 3.63) is 47.8 Å². The summed E-state index contributed by atoms with van der Waals surface area (Å²) in [5.41, 5.74) is 1.13. The molecule has 8 nitrogen and oxygen atoms in total. The van der Waals surface area contributed by atoms with Gasteiger partial charge in [0, 0.05) is 32.6 Å². The standard InChI is InChI=1S/C17H21N5O3/c1-12-16-20-14(17(24)19-9-13-5-3-4-6-18-13)10-21(16)7-8-22(12)15(23)11-25-2/h3-6,10,12H,7-9,11H2,1-2H3,(H,19,24)/t12-/m0/s1. The van der Waals surface area contributed by atoms with Gasteiger partial charge in [-0.2, -0.15) is 0 Å². The molecule has 0 spiro atoms. The number of carbonyl (C=O) groups is 2. The van der Waals surface area contributed by atoms with E-state index in [1.807, 2.05) is 29.7 Å². The second-order valence-electron chi connectivity index (χ2n) is 5.88. The molecule has 0 aliphatic carbocycles. The summed E-state index contributed by atoms with van der Waals surface area (Å²) >= 11 is 0. The molecule has 1 aliphatic heterocycles. The van der Waals surface area contributed by atoms with Crippen molar-refractivity contribution in [3.8, 4) is 0 Å². The Morgan fingerprint density at radius 2 is 2.20 bits per heavy atom. The van der Waals surface area contributed by atoms with E-state index in [1.54, 1.807) is 17.3 Å². The predicted molar refractivity (Wildman–Crippen MR) is 89.6 cm³/mol. The van der Waals surface area contributed by atoms with Crippen molar-refractivity contribution in [3.63, 3.8) is 0 Å². The molecule has 0 bridgehead atoms. The highest BCUT2D eigenvalue weighted by Crippen LogP contribution is 2.24. The number of hydrogen-bond acceptors (Lipinski definition) is 5. The first-order chi connectivity index (χ1) is 12.1. The molecule has 8 heteroatoms. The topological polar surface area (TPSA) is 89.4 Å². The second kappa shape index (κ2) is 7.43. The van der Waals surface area contributed by atoms with Crippen LogP contribution in [0.2, 0.25) is 0 Å². The number of carbonyl (C=O) groups excluding carboxylic acids is 2. The summed E-state index contributed by atoms with van der Waals surface area (Å²) in [6.45, 7) is 3.47. The molecule has 0 radical (unpaired) electrons. The third-order valence-electron chi connectivity index (χ3n) is 4.21. The van der Waals surface area contributed by atoms with E-state index in [0.717, 1.165) is 5.69 Å². The van der Waals surface area contributed by atoms with Crippen LogP contribution in [0.1, 0.15) is 35.0 Å². The van der Waals surface area contributed by atoms with Crippen LogP contribution in [-0.4, -0.2) is 51.5 Å². The van der Waals surface area contributed by atoms with Crippen LogP contribution < -0.4 is 5.32 Å². The largest absolute Gasteiger partial charge is 0.375 e. The van der Waals surface area contributed by atoms with E-state index in [1.165, 1.54) is 7.11 Å². The SMILES string of the molecule is COCC(=O)N1CCn2cc(C(=O)NCc3ccccn3)nc2[C@@H]1C. The van der Waals surface area contributed by atoms with E-state index < -0.39 is 0 Å². The molecule has 0 saturated heterocycles. The van der Waals surface area contributed by atoms with Crippen LogP contribution in [0.5, 0.6) is 0 Å². The van der Waals surface area contributed by atoms with E-state index in [-0.39, 0.29) is 24.5 Å². The van der Waals surface area contributed by atoms with E-state index >= 15 is 0 Å². The maximum atomic E-state index is 12.3. The van der Waals surface area contributed by atoms with Gasteiger partial charge in [0.1, 0.15) is 18.1 Å². The molecule has 132 valence electrons. The van der Waals surface area contributed by atoms with Gasteiger partial charge in [0.2, 0.25) is 5.91 Å². The van der Waals surface area contributed by atoms with Crippen molar-refractivity contribution in [2.45, 2.75) is 26.1 Å². The van der Waals surface area contributed by atoms with Crippen LogP contribution >= 0.6 is 0 Å². The quantitative estimate of drug-likeness (QED) is 0.866. The van der Waals surface area contributed by atoms with Crippen LogP contribution in [0.4, 0.5) is 0 Å². The number of nitrogens with zero attached hydrogens (tertiary/aromatic N) is 4. The normalized spacial score (nSPS) is 16.4. The molecule has 25 heavy (non-hydrogen) atoms. The Labute approximate surface area is 145 Å². The minimum atomic E-state index is -0.255. The summed E-state index contributed by atoms with van der Waals surface area (Å²) in [6, 6.07) is 5.35. The third-order valence-corrected chi connectivity index (χ3v) is 4.21. The Balaban J connectivity index is 1.69. The van der Waals surface area contributed by atoms with E-state index in [9.17, 15) is 9.59 Å². The van der Waals surface area contributed by atoms with Crippen LogP contribution in [0.3, 0.4) is 0 Å². The Hall–Kier alpha value is -2.74. The summed E-state index contributed by atoms with van der Waals surface area (Å²) in [7, 11) is 1.50. The van der Waals surface area contributed by atoms with Gasteiger partial charge in [-0.05, 0) is 19.1 Å². The summed E-state index contributed by atoms with van der Waals surface area (Å²) in [4.78, 5) is 34.8. The number of fused-ring (bicyclic) bond motifs is 1. The number of hydrogen-bond donors (Lipinski definition) is 1. The first-order valence-corrected chi connectivity index (χ1v) is 8.13. The number of ether oxygens (including phenoxy) is 1. The lowest BCUT2D eigenvalue weighted by molar-refractivity contribution is -0.138. The Morgan fingerprint density at radius 1 is 1.36 bits per heavy atom. The van der Waals surface area contributed by atoms with Gasteiger partial charge in [0.15, 0.2) is 0 Å². The Morgan fingerprint density at radius 3 is 2.92 bits per heavy atom. The van der Waals surface area contributed by atoms with Gasteiger partial charge >= 0.3 is 0 Å². The monoisotopic (exact) mass is 343 g/mol. The summed E-state index contributed by atoms with van der Waals surface area (Å²) in [6.07, 6.45) is 3.42. The molecule has 2 amide bonds. The van der Waals surface area contributed by atoms with Gasteiger partial charge in [0.25, 0.3) is 5.91 Å². The lowest BCUT2D eigenvalue weighted by atomic mass is 10.2. The minimum absolute atomic E-state index is 0.0441. The zero-order chi connectivity index (χ0) is 17.8. The molecule has 0 saturated carbocycles. The molecule has 3 heterocycles. The first kappa shape index (κ1) is 17.1. The minimum Gasteiger partial charge on any atom is -0.375 e. The van der Waals surface area contributed by atoms with E-state index in [2.05, 4.69) is 15.3 Å². The summed E-state index contributed by atoms with van der Waals surface area (Å²) < 4.78 is 6.85. The second-order valence-corrected chi connectivity index (χ2v) is 5.88. The van der Waals surface area contributed by atoms with Gasteiger partial charge in [-0.1, -0.05) is 6.07 Å². The van der Waals surface area contributed by atoms with Gasteiger partial charge in [0.05, 0.1) is 18.3 Å². The average Bonchev–Trinajstić information content (AvgIpc) is 3.06. The predicted octanol–water partition coefficient (Wildman–Crippen LogP) is 0.758. The summed E-state index contributed by atoms with van der Waals surface area (Å²) in [5.74, 6) is 0.374. The number of amides is 2. The maximum absolute atomic E-state index is 12.3. The highest BCUT2D eigenvalue weighted by atomic mass is 16.5. The molecule has 0 unspecified atom stereocenters. The number of nitrogens with one attached hydrogen (secondary N) is 1. The van der Waals surface area contributed by atoms with Crippen molar-refractivity contribution < 1.29 is 14.3 Å². The lowest BCUT2D eigenvalue weighted by Crippen LogP contribution is -2.42. The molecule has 1 atom stereocenters. The van der Waals surface area contributed by atoms with Crippen molar-refractivity contribution >= 4 is 11.8 Å². The molecule has 0 aromatic carbocycles. The van der Waals surface area contributed by atoms with Crippen molar-refractivity contribution in [2.24, 2.45) is 0 Å². The molecule has 3 rings (SSSR count). The number of imidazole rings is 1. The van der Waals surface area contributed by atoms with Crippen LogP contribution in [0, 0.1) is 0 Å². The molecule has 0 fully saturated rings. The smallest absolute Gasteiger partial charge is 0.271 e. The highest BCUT2D eigenvalue weighted by Gasteiger charge is 2.30. The first-order valence-electron chi connectivity index (χ1n) is 8.13. The van der Waals surface area contributed by atoms with Gasteiger partial charge < -0.3 is 19.5 Å². The van der Waals surface area contributed by atoms with Crippen LogP contribution in [0.15, 0.2) is 30.6 Å². The zero-order valence-electron chi connectivity index (χ0n) is 14.3. The van der Waals surface area contributed by atoms with E-state index in [0.29, 0.717) is 31.2 Å². The number of aromatic nitrogens is 3. The Kier molecular flexibility index (Phi) is 5.08. The van der Waals surface area contributed by atoms with Crippen molar-refractivity contribution in [1.82, 2.24) is 24.8 Å². The lowest BCUT2D eigenvalue weighted by Gasteiger charge is -2.33. The highest BCUT2D eigenvalue weighted by molar-refractivity contribution is 5.92. The zero-order valence-corrected chi connectivity index (χ0v) is 14.3. The van der Waals surface area contributed by atoms with Gasteiger partial charge in [-0.15, -0.1) is 0 Å². The average molecular weight is 343 g/mol. The summed E-state index contributed by atoms with van der Waals surface area (Å²) in [5, 5.41) is 2.82. The molecular weight excluding hydrogens is 322 g/mol. The third kappa shape index (κ3) is 3.69. The van der Waals surface area contributed by atoms with E-state index in [4.69, 9.17) is 4.74 Å². The fourth-order valence-electron chi connectivity index (χ4n) is 2.91. The fourth-order valence-corrected chi connectivity index (χ4v) is 2.91. The molecule has 1 aliphatic rings. The molecule has 2 aromatic heterocycles. The van der Waals surface area contributed by atoms with Gasteiger partial charge in [-0.25, -0.2) is 4.98 Å². The van der Waals surface area contributed by atoms with Crippen molar-refractivity contribution in [2.75, 3.05) is 20.3 Å². The fraction of sp³-hybridized carbons (Fsp3) is 0.412. The van der Waals surface area contributed by atoms with Crippen LogP contribution in [-0.2, 0) is 22.6 Å². The maximum Gasteiger partial charge on any atom is 0.271 e. The molecular formula is C17H21N5O3. The number of rotatable bonds is 5. The van der Waals surface area contributed by atoms with Crippen LogP contribution in [0.25, 0.3) is 0 Å². The number of methoxy groups -OCH3 is 1. The molecule has 2 aromatic rings. The van der Waals surface area contributed by atoms with Gasteiger partial charge in [-0.3, -0.25) is 14.6 Å². The number of pyridine rings is 1. The Bertz CT molecular complexity index is 759. The van der Waals surface area contributed by atoms with Crippen molar-refractivity contribution in [1.29, 1.82) is 0 Å². The molecule has 1 N–H and O–H groups in total.